The third-order valence-corrected chi connectivity index (χ3v) is 3.27. The van der Waals surface area contributed by atoms with E-state index in [1.165, 1.54) is 40.1 Å². The van der Waals surface area contributed by atoms with Gasteiger partial charge in [0, 0.05) is 14.0 Å². The van der Waals surface area contributed by atoms with E-state index in [9.17, 15) is 19.1 Å². The quantitative estimate of drug-likeness (QED) is 0.901. The van der Waals surface area contributed by atoms with Gasteiger partial charge in [-0.05, 0) is 24.6 Å². The average Bonchev–Trinajstić information content (AvgIpc) is 2.36. The Morgan fingerprint density at radius 1 is 1.42 bits per heavy atom. The van der Waals surface area contributed by atoms with E-state index >= 15 is 0 Å². The molecule has 5 nitrogen and oxygen atoms in total. The molecule has 0 aliphatic carbocycles. The number of rotatable bonds is 4. The van der Waals surface area contributed by atoms with Crippen LogP contribution in [0.5, 0.6) is 5.75 Å². The molecule has 1 aromatic rings. The zero-order valence-corrected chi connectivity index (χ0v) is 11.2. The molecular formula is C13H16FNO4. The van der Waals surface area contributed by atoms with Crippen LogP contribution in [0.25, 0.3) is 0 Å². The lowest BCUT2D eigenvalue weighted by Gasteiger charge is -2.34. The van der Waals surface area contributed by atoms with E-state index in [-0.39, 0.29) is 11.3 Å². The molecule has 0 saturated heterocycles. The molecule has 1 aromatic carbocycles. The van der Waals surface area contributed by atoms with Gasteiger partial charge >= 0.3 is 5.97 Å². The number of carboxylic acids is 1. The van der Waals surface area contributed by atoms with Gasteiger partial charge in [-0.1, -0.05) is 6.07 Å². The topological polar surface area (TPSA) is 66.8 Å². The van der Waals surface area contributed by atoms with Crippen LogP contribution in [0.15, 0.2) is 18.2 Å². The van der Waals surface area contributed by atoms with E-state index in [1.54, 1.807) is 0 Å². The number of ether oxygens (including phenoxy) is 1. The molecule has 0 saturated carbocycles. The fourth-order valence-electron chi connectivity index (χ4n) is 1.74. The number of hydrogen-bond acceptors (Lipinski definition) is 3. The Morgan fingerprint density at radius 3 is 2.37 bits per heavy atom. The minimum atomic E-state index is -1.64. The number of hydrogen-bond donors (Lipinski definition) is 1. The Hall–Kier alpha value is -2.11. The van der Waals surface area contributed by atoms with Crippen LogP contribution in [0.2, 0.25) is 0 Å². The van der Waals surface area contributed by atoms with Gasteiger partial charge in [-0.15, -0.1) is 0 Å². The predicted molar refractivity (Wildman–Crippen MR) is 66.4 cm³/mol. The molecule has 0 aliphatic rings. The highest BCUT2D eigenvalue weighted by molar-refractivity contribution is 5.86. The van der Waals surface area contributed by atoms with Crippen molar-refractivity contribution in [1.29, 1.82) is 0 Å². The number of aliphatic carboxylic acids is 1. The van der Waals surface area contributed by atoms with Gasteiger partial charge in [-0.2, -0.15) is 0 Å². The molecule has 0 fully saturated rings. The van der Waals surface area contributed by atoms with Gasteiger partial charge in [0.05, 0.1) is 7.11 Å². The van der Waals surface area contributed by atoms with Crippen molar-refractivity contribution in [1.82, 2.24) is 4.90 Å². The van der Waals surface area contributed by atoms with Crippen LogP contribution in [-0.2, 0) is 15.1 Å². The fourth-order valence-corrected chi connectivity index (χ4v) is 1.74. The van der Waals surface area contributed by atoms with Gasteiger partial charge in [0.25, 0.3) is 0 Å². The summed E-state index contributed by atoms with van der Waals surface area (Å²) in [6.45, 7) is 2.60. The van der Waals surface area contributed by atoms with Gasteiger partial charge < -0.3 is 14.7 Å². The number of nitrogens with zero attached hydrogens (tertiary/aromatic N) is 1. The average molecular weight is 269 g/mol. The molecule has 6 heteroatoms. The molecule has 0 aromatic heterocycles. The standard InChI is InChI=1S/C13H16FNO4/c1-8(16)15(3)13(2,12(17)18)9-5-6-11(19-4)10(14)7-9/h5-7H,1-4H3,(H,17,18). The van der Waals surface area contributed by atoms with E-state index < -0.39 is 23.2 Å². The van der Waals surface area contributed by atoms with E-state index in [1.807, 2.05) is 0 Å². The lowest BCUT2D eigenvalue weighted by molar-refractivity contribution is -0.156. The minimum Gasteiger partial charge on any atom is -0.494 e. The van der Waals surface area contributed by atoms with Crippen molar-refractivity contribution < 1.29 is 23.8 Å². The molecule has 0 aliphatic heterocycles. The van der Waals surface area contributed by atoms with Crippen LogP contribution in [-0.4, -0.2) is 36.0 Å². The highest BCUT2D eigenvalue weighted by Crippen LogP contribution is 2.30. The number of carbonyl (C=O) groups is 2. The molecule has 104 valence electrons. The van der Waals surface area contributed by atoms with Crippen molar-refractivity contribution in [3.63, 3.8) is 0 Å². The summed E-state index contributed by atoms with van der Waals surface area (Å²) in [6, 6.07) is 3.82. The zero-order valence-electron chi connectivity index (χ0n) is 11.2. The van der Waals surface area contributed by atoms with Crippen molar-refractivity contribution in [3.8, 4) is 5.75 Å². The lowest BCUT2D eigenvalue weighted by atomic mass is 9.90. The summed E-state index contributed by atoms with van der Waals surface area (Å²) in [5.74, 6) is -2.33. The normalized spacial score (nSPS) is 13.5. The number of methoxy groups -OCH3 is 1. The first-order chi connectivity index (χ1) is 8.75. The Kier molecular flexibility index (Phi) is 4.14. The summed E-state index contributed by atoms with van der Waals surface area (Å²) in [7, 11) is 2.68. The molecule has 0 bridgehead atoms. The highest BCUT2D eigenvalue weighted by atomic mass is 19.1. The molecule has 0 radical (unpaired) electrons. The maximum atomic E-state index is 13.7. The Morgan fingerprint density at radius 2 is 2.00 bits per heavy atom. The Labute approximate surface area is 110 Å². The first-order valence-electron chi connectivity index (χ1n) is 5.57. The molecule has 0 spiro atoms. The molecule has 19 heavy (non-hydrogen) atoms. The minimum absolute atomic E-state index is 0.0157. The number of carboxylic acid groups (broad SMARTS) is 1. The number of halogens is 1. The number of benzene rings is 1. The van der Waals surface area contributed by atoms with Gasteiger partial charge in [0.1, 0.15) is 0 Å². The van der Waals surface area contributed by atoms with Crippen LogP contribution in [0.4, 0.5) is 4.39 Å². The summed E-state index contributed by atoms with van der Waals surface area (Å²) >= 11 is 0. The fraction of sp³-hybridized carbons (Fsp3) is 0.385. The number of carbonyl (C=O) groups excluding carboxylic acids is 1. The molecule has 1 atom stereocenters. The van der Waals surface area contributed by atoms with Crippen LogP contribution in [0, 0.1) is 5.82 Å². The van der Waals surface area contributed by atoms with Crippen molar-refractivity contribution in [2.45, 2.75) is 19.4 Å². The Balaban J connectivity index is 3.39. The van der Waals surface area contributed by atoms with Crippen LogP contribution >= 0.6 is 0 Å². The van der Waals surface area contributed by atoms with Crippen molar-refractivity contribution >= 4 is 11.9 Å². The molecule has 1 unspecified atom stereocenters. The summed E-state index contributed by atoms with van der Waals surface area (Å²) in [5.41, 5.74) is -1.48. The molecule has 0 heterocycles. The second-order valence-electron chi connectivity index (χ2n) is 4.30. The first kappa shape index (κ1) is 14.9. The van der Waals surface area contributed by atoms with E-state index in [0.29, 0.717) is 0 Å². The number of amides is 1. The monoisotopic (exact) mass is 269 g/mol. The summed E-state index contributed by atoms with van der Waals surface area (Å²) in [4.78, 5) is 24.0. The van der Waals surface area contributed by atoms with Gasteiger partial charge in [-0.3, -0.25) is 4.79 Å². The lowest BCUT2D eigenvalue weighted by Crippen LogP contribution is -2.49. The van der Waals surface area contributed by atoms with Gasteiger partial charge in [0.2, 0.25) is 5.91 Å². The molecule has 1 amide bonds. The van der Waals surface area contributed by atoms with Crippen molar-refractivity contribution in [3.05, 3.63) is 29.6 Å². The zero-order chi connectivity index (χ0) is 14.8. The van der Waals surface area contributed by atoms with Crippen LogP contribution in [0.3, 0.4) is 0 Å². The van der Waals surface area contributed by atoms with Crippen molar-refractivity contribution in [2.75, 3.05) is 14.2 Å². The van der Waals surface area contributed by atoms with E-state index in [4.69, 9.17) is 4.74 Å². The SMILES string of the molecule is COc1ccc(C(C)(C(=O)O)N(C)C(C)=O)cc1F. The second kappa shape index (κ2) is 5.26. The van der Waals surface area contributed by atoms with Gasteiger partial charge in [0.15, 0.2) is 17.1 Å². The summed E-state index contributed by atoms with van der Waals surface area (Å²) in [5, 5.41) is 9.38. The molecular weight excluding hydrogens is 253 g/mol. The number of likely N-dealkylation sites (N-methyl/N-ethyl adjacent to an activating group) is 1. The maximum absolute atomic E-state index is 13.7. The Bertz CT molecular complexity index is 517. The maximum Gasteiger partial charge on any atom is 0.334 e. The summed E-state index contributed by atoms with van der Waals surface area (Å²) in [6.07, 6.45) is 0. The third kappa shape index (κ3) is 2.52. The third-order valence-electron chi connectivity index (χ3n) is 3.27. The highest BCUT2D eigenvalue weighted by Gasteiger charge is 2.41. The van der Waals surface area contributed by atoms with Crippen LogP contribution in [0.1, 0.15) is 19.4 Å². The summed E-state index contributed by atoms with van der Waals surface area (Å²) < 4.78 is 18.5. The van der Waals surface area contributed by atoms with Gasteiger partial charge in [-0.25, -0.2) is 9.18 Å². The van der Waals surface area contributed by atoms with E-state index in [0.717, 1.165) is 11.0 Å². The predicted octanol–water partition coefficient (Wildman–Crippen LogP) is 1.61. The van der Waals surface area contributed by atoms with Crippen LogP contribution < -0.4 is 4.74 Å². The van der Waals surface area contributed by atoms with E-state index in [2.05, 4.69) is 0 Å². The smallest absolute Gasteiger partial charge is 0.334 e. The van der Waals surface area contributed by atoms with Crippen molar-refractivity contribution in [2.24, 2.45) is 0 Å². The second-order valence-corrected chi connectivity index (χ2v) is 4.30. The molecule has 1 rings (SSSR count). The first-order valence-corrected chi connectivity index (χ1v) is 5.57. The molecule has 1 N–H and O–H groups in total. The largest absolute Gasteiger partial charge is 0.494 e.